The van der Waals surface area contributed by atoms with Crippen molar-refractivity contribution in [3.05, 3.63) is 29.8 Å². The molecule has 0 bridgehead atoms. The third-order valence-corrected chi connectivity index (χ3v) is 2.68. The predicted molar refractivity (Wildman–Crippen MR) is 69.5 cm³/mol. The summed E-state index contributed by atoms with van der Waals surface area (Å²) < 4.78 is 0. The van der Waals surface area contributed by atoms with E-state index in [-0.39, 0.29) is 18.7 Å². The molecule has 98 valence electrons. The number of hydrogen-bond donors (Lipinski definition) is 2. The van der Waals surface area contributed by atoms with Gasteiger partial charge in [0.1, 0.15) is 0 Å². The molecule has 18 heavy (non-hydrogen) atoms. The summed E-state index contributed by atoms with van der Waals surface area (Å²) in [6, 6.07) is 7.67. The van der Waals surface area contributed by atoms with Gasteiger partial charge in [0.15, 0.2) is 0 Å². The van der Waals surface area contributed by atoms with Crippen molar-refractivity contribution in [3.8, 4) is 0 Å². The smallest absolute Gasteiger partial charge is 0.305 e. The number of aliphatic carboxylic acids is 1. The first-order chi connectivity index (χ1) is 8.50. The van der Waals surface area contributed by atoms with Crippen molar-refractivity contribution in [2.75, 3.05) is 18.0 Å². The average molecular weight is 250 g/mol. The number of para-hydroxylation sites is 1. The van der Waals surface area contributed by atoms with Crippen LogP contribution in [0, 0.1) is 6.92 Å². The normalized spacial score (nSPS) is 10.1. The second-order valence-electron chi connectivity index (χ2n) is 4.13. The first-order valence-electron chi connectivity index (χ1n) is 5.81. The molecule has 0 aliphatic rings. The van der Waals surface area contributed by atoms with Crippen molar-refractivity contribution < 1.29 is 14.7 Å². The van der Waals surface area contributed by atoms with Gasteiger partial charge in [-0.3, -0.25) is 9.59 Å². The van der Waals surface area contributed by atoms with Gasteiger partial charge >= 0.3 is 5.97 Å². The molecule has 3 N–H and O–H groups in total. The molecule has 0 heterocycles. The van der Waals surface area contributed by atoms with Gasteiger partial charge in [0.05, 0.1) is 6.42 Å². The standard InChI is InChI=1S/C13H18N2O3/c1-10-4-2-3-5-11(10)15(8-6-12(14)16)9-7-13(17)18/h2-5H,6-9H2,1H3,(H2,14,16)(H,17,18). The summed E-state index contributed by atoms with van der Waals surface area (Å²) in [4.78, 5) is 23.4. The second kappa shape index (κ2) is 6.64. The van der Waals surface area contributed by atoms with Crippen LogP contribution in [0.4, 0.5) is 5.69 Å². The molecule has 0 unspecified atom stereocenters. The Kier molecular flexibility index (Phi) is 5.17. The Morgan fingerprint density at radius 3 is 2.39 bits per heavy atom. The highest BCUT2D eigenvalue weighted by Crippen LogP contribution is 2.19. The van der Waals surface area contributed by atoms with E-state index >= 15 is 0 Å². The third-order valence-electron chi connectivity index (χ3n) is 2.68. The van der Waals surface area contributed by atoms with E-state index in [1.807, 2.05) is 36.1 Å². The number of nitrogens with zero attached hydrogens (tertiary/aromatic N) is 1. The zero-order chi connectivity index (χ0) is 13.5. The van der Waals surface area contributed by atoms with E-state index in [2.05, 4.69) is 0 Å². The Bertz CT molecular complexity index is 414. The van der Waals surface area contributed by atoms with E-state index in [4.69, 9.17) is 10.8 Å². The van der Waals surface area contributed by atoms with E-state index in [0.29, 0.717) is 13.1 Å². The van der Waals surface area contributed by atoms with Gasteiger partial charge in [-0.2, -0.15) is 0 Å². The molecular formula is C13H18N2O3. The minimum Gasteiger partial charge on any atom is -0.481 e. The number of benzene rings is 1. The molecule has 0 saturated heterocycles. The van der Waals surface area contributed by atoms with Gasteiger partial charge in [0.2, 0.25) is 5.91 Å². The van der Waals surface area contributed by atoms with Crippen molar-refractivity contribution in [3.63, 3.8) is 0 Å². The van der Waals surface area contributed by atoms with Crippen molar-refractivity contribution in [2.45, 2.75) is 19.8 Å². The number of carbonyl (C=O) groups is 2. The second-order valence-corrected chi connectivity index (χ2v) is 4.13. The Morgan fingerprint density at radius 1 is 1.22 bits per heavy atom. The van der Waals surface area contributed by atoms with Crippen LogP contribution in [0.2, 0.25) is 0 Å². The average Bonchev–Trinajstić information content (AvgIpc) is 2.30. The number of anilines is 1. The molecule has 0 atom stereocenters. The molecule has 0 aliphatic carbocycles. The maximum atomic E-state index is 10.8. The Balaban J connectivity index is 2.79. The van der Waals surface area contributed by atoms with Crippen LogP contribution in [0.25, 0.3) is 0 Å². The summed E-state index contributed by atoms with van der Waals surface area (Å²) in [5.41, 5.74) is 7.12. The number of rotatable bonds is 7. The fourth-order valence-corrected chi connectivity index (χ4v) is 1.75. The number of nitrogens with two attached hydrogens (primary N) is 1. The summed E-state index contributed by atoms with van der Waals surface area (Å²) in [7, 11) is 0. The van der Waals surface area contributed by atoms with Gasteiger partial charge in [-0.25, -0.2) is 0 Å². The van der Waals surface area contributed by atoms with Crippen LogP contribution in [0.5, 0.6) is 0 Å². The van der Waals surface area contributed by atoms with Crippen LogP contribution in [-0.2, 0) is 9.59 Å². The monoisotopic (exact) mass is 250 g/mol. The predicted octanol–water partition coefficient (Wildman–Crippen LogP) is 1.15. The van der Waals surface area contributed by atoms with Crippen molar-refractivity contribution in [2.24, 2.45) is 5.73 Å². The van der Waals surface area contributed by atoms with E-state index in [9.17, 15) is 9.59 Å². The number of primary amides is 1. The van der Waals surface area contributed by atoms with E-state index in [0.717, 1.165) is 11.3 Å². The van der Waals surface area contributed by atoms with Gasteiger partial charge in [-0.05, 0) is 18.6 Å². The quantitative estimate of drug-likeness (QED) is 0.760. The maximum Gasteiger partial charge on any atom is 0.305 e. The van der Waals surface area contributed by atoms with Crippen LogP contribution in [0.3, 0.4) is 0 Å². The van der Waals surface area contributed by atoms with E-state index < -0.39 is 5.97 Å². The number of hydrogen-bond acceptors (Lipinski definition) is 3. The first-order valence-corrected chi connectivity index (χ1v) is 5.81. The fourth-order valence-electron chi connectivity index (χ4n) is 1.75. The summed E-state index contributed by atoms with van der Waals surface area (Å²) in [5.74, 6) is -1.24. The zero-order valence-corrected chi connectivity index (χ0v) is 10.4. The zero-order valence-electron chi connectivity index (χ0n) is 10.4. The maximum absolute atomic E-state index is 10.8. The Hall–Kier alpha value is -2.04. The van der Waals surface area contributed by atoms with Crippen molar-refractivity contribution in [1.29, 1.82) is 0 Å². The number of carboxylic acids is 1. The molecule has 1 aromatic rings. The number of carbonyl (C=O) groups excluding carboxylic acids is 1. The lowest BCUT2D eigenvalue weighted by molar-refractivity contribution is -0.136. The first kappa shape index (κ1) is 14.0. The largest absolute Gasteiger partial charge is 0.481 e. The molecule has 0 fully saturated rings. The van der Waals surface area contributed by atoms with Gasteiger partial charge in [-0.1, -0.05) is 18.2 Å². The summed E-state index contributed by atoms with van der Waals surface area (Å²) in [6.07, 6.45) is 0.251. The highest BCUT2D eigenvalue weighted by atomic mass is 16.4. The van der Waals surface area contributed by atoms with Gasteiger partial charge in [0.25, 0.3) is 0 Å². The van der Waals surface area contributed by atoms with Crippen LogP contribution < -0.4 is 10.6 Å². The number of amides is 1. The van der Waals surface area contributed by atoms with Crippen molar-refractivity contribution >= 4 is 17.6 Å². The molecule has 0 radical (unpaired) electrons. The lowest BCUT2D eigenvalue weighted by Crippen LogP contribution is -2.30. The van der Waals surface area contributed by atoms with E-state index in [1.54, 1.807) is 0 Å². The molecule has 1 aromatic carbocycles. The molecular weight excluding hydrogens is 232 g/mol. The Labute approximate surface area is 106 Å². The minimum absolute atomic E-state index is 0.0348. The van der Waals surface area contributed by atoms with Crippen LogP contribution >= 0.6 is 0 Å². The molecule has 0 aromatic heterocycles. The molecule has 0 saturated carbocycles. The van der Waals surface area contributed by atoms with Crippen molar-refractivity contribution in [1.82, 2.24) is 0 Å². The van der Waals surface area contributed by atoms with Gasteiger partial charge < -0.3 is 15.7 Å². The van der Waals surface area contributed by atoms with Crippen LogP contribution in [0.15, 0.2) is 24.3 Å². The Morgan fingerprint density at radius 2 is 1.83 bits per heavy atom. The number of carboxylic acid groups (broad SMARTS) is 1. The van der Waals surface area contributed by atoms with Gasteiger partial charge in [-0.15, -0.1) is 0 Å². The number of aryl methyl sites for hydroxylation is 1. The molecule has 1 amide bonds. The fraction of sp³-hybridized carbons (Fsp3) is 0.385. The lowest BCUT2D eigenvalue weighted by Gasteiger charge is -2.25. The summed E-state index contributed by atoms with van der Waals surface area (Å²) in [5, 5.41) is 8.74. The molecule has 1 rings (SSSR count). The summed E-state index contributed by atoms with van der Waals surface area (Å²) >= 11 is 0. The van der Waals surface area contributed by atoms with Crippen LogP contribution in [-0.4, -0.2) is 30.1 Å². The minimum atomic E-state index is -0.854. The SMILES string of the molecule is Cc1ccccc1N(CCC(N)=O)CCC(=O)O. The third kappa shape index (κ3) is 4.45. The van der Waals surface area contributed by atoms with Crippen LogP contribution in [0.1, 0.15) is 18.4 Å². The molecule has 0 spiro atoms. The lowest BCUT2D eigenvalue weighted by atomic mass is 10.1. The highest BCUT2D eigenvalue weighted by molar-refractivity contribution is 5.74. The van der Waals surface area contributed by atoms with E-state index in [1.165, 1.54) is 0 Å². The van der Waals surface area contributed by atoms with Gasteiger partial charge in [0, 0.05) is 25.2 Å². The highest BCUT2D eigenvalue weighted by Gasteiger charge is 2.11. The molecule has 5 nitrogen and oxygen atoms in total. The summed E-state index contributed by atoms with van der Waals surface area (Å²) in [6.45, 7) is 2.76. The molecule has 0 aliphatic heterocycles. The molecule has 5 heteroatoms. The topological polar surface area (TPSA) is 83.6 Å².